The van der Waals surface area contributed by atoms with Gasteiger partial charge < -0.3 is 9.52 Å². The Hall–Kier alpha value is -1.32. The van der Waals surface area contributed by atoms with Crippen LogP contribution in [0, 0.1) is 13.8 Å². The van der Waals surface area contributed by atoms with Crippen molar-refractivity contribution < 1.29 is 14.3 Å². The van der Waals surface area contributed by atoms with Gasteiger partial charge in [-0.1, -0.05) is 0 Å². The molecule has 0 unspecified atom stereocenters. The zero-order valence-electron chi connectivity index (χ0n) is 6.42. The number of carboxylic acid groups (broad SMARTS) is 1. The molecule has 0 saturated heterocycles. The molecule has 0 aromatic carbocycles. The van der Waals surface area contributed by atoms with Crippen molar-refractivity contribution in [2.75, 3.05) is 0 Å². The Kier molecular flexibility index (Phi) is 1.94. The Morgan fingerprint density at radius 3 is 2.64 bits per heavy atom. The smallest absolute Gasteiger partial charge is 0.312 e. The quantitative estimate of drug-likeness (QED) is 0.689. The van der Waals surface area contributed by atoms with E-state index in [-0.39, 0.29) is 12.3 Å². The molecule has 0 saturated carbocycles. The fourth-order valence-corrected chi connectivity index (χ4v) is 0.744. The highest BCUT2D eigenvalue weighted by atomic mass is 16.4. The summed E-state index contributed by atoms with van der Waals surface area (Å²) < 4.78 is 5.03. The molecule has 1 heterocycles. The van der Waals surface area contributed by atoms with Crippen molar-refractivity contribution in [1.82, 2.24) is 4.98 Å². The van der Waals surface area contributed by atoms with Gasteiger partial charge in [-0.05, 0) is 13.8 Å². The number of carboxylic acids is 1. The Balaban J connectivity index is 2.81. The summed E-state index contributed by atoms with van der Waals surface area (Å²) in [5, 5.41) is 8.37. The number of oxazole rings is 1. The van der Waals surface area contributed by atoms with E-state index in [0.29, 0.717) is 5.76 Å². The average molecular weight is 155 g/mol. The predicted molar refractivity (Wildman–Crippen MR) is 37.3 cm³/mol. The normalized spacial score (nSPS) is 10.0. The molecule has 0 radical (unpaired) electrons. The van der Waals surface area contributed by atoms with Crippen molar-refractivity contribution in [3.05, 3.63) is 17.3 Å². The zero-order valence-corrected chi connectivity index (χ0v) is 6.42. The number of hydrogen-bond acceptors (Lipinski definition) is 3. The fraction of sp³-hybridized carbons (Fsp3) is 0.429. The number of hydrogen-bond donors (Lipinski definition) is 1. The van der Waals surface area contributed by atoms with E-state index in [2.05, 4.69) is 4.98 Å². The summed E-state index contributed by atoms with van der Waals surface area (Å²) in [7, 11) is 0. The Labute approximate surface area is 63.9 Å². The predicted octanol–water partition coefficient (Wildman–Crippen LogP) is 0.919. The number of aromatic nitrogens is 1. The highest BCUT2D eigenvalue weighted by molar-refractivity contribution is 5.68. The second kappa shape index (κ2) is 2.74. The van der Waals surface area contributed by atoms with E-state index in [0.717, 1.165) is 5.69 Å². The lowest BCUT2D eigenvalue weighted by molar-refractivity contribution is -0.136. The summed E-state index contributed by atoms with van der Waals surface area (Å²) in [6.07, 6.45) is -0.144. The lowest BCUT2D eigenvalue weighted by Gasteiger charge is -1.85. The van der Waals surface area contributed by atoms with E-state index >= 15 is 0 Å². The maximum absolute atomic E-state index is 10.2. The summed E-state index contributed by atoms with van der Waals surface area (Å²) in [5.41, 5.74) is 0.751. The van der Waals surface area contributed by atoms with Crippen LogP contribution in [0.25, 0.3) is 0 Å². The summed E-state index contributed by atoms with van der Waals surface area (Å²) in [4.78, 5) is 14.1. The highest BCUT2D eigenvalue weighted by Gasteiger charge is 2.08. The first-order valence-electron chi connectivity index (χ1n) is 3.24. The number of aliphatic carboxylic acids is 1. The largest absolute Gasteiger partial charge is 0.481 e. The molecule has 0 fully saturated rings. The average Bonchev–Trinajstić information content (AvgIpc) is 2.10. The lowest BCUT2D eigenvalue weighted by atomic mass is 10.4. The van der Waals surface area contributed by atoms with Gasteiger partial charge in [-0.3, -0.25) is 4.79 Å². The molecule has 1 rings (SSSR count). The summed E-state index contributed by atoms with van der Waals surface area (Å²) >= 11 is 0. The van der Waals surface area contributed by atoms with Gasteiger partial charge in [0.1, 0.15) is 12.2 Å². The summed E-state index contributed by atoms with van der Waals surface area (Å²) in [5.74, 6) is 0.0278. The zero-order chi connectivity index (χ0) is 8.43. The van der Waals surface area contributed by atoms with E-state index < -0.39 is 5.97 Å². The number of rotatable bonds is 2. The molecule has 1 N–H and O–H groups in total. The molecule has 0 bridgehead atoms. The summed E-state index contributed by atoms with van der Waals surface area (Å²) in [6, 6.07) is 0. The van der Waals surface area contributed by atoms with E-state index in [1.165, 1.54) is 0 Å². The first-order valence-corrected chi connectivity index (χ1v) is 3.24. The van der Waals surface area contributed by atoms with Crippen LogP contribution in [0.3, 0.4) is 0 Å². The third kappa shape index (κ3) is 1.80. The molecule has 1 aromatic rings. The SMILES string of the molecule is Cc1nc(CC(=O)O)oc1C. The molecular formula is C7H9NO3. The van der Waals surface area contributed by atoms with E-state index in [9.17, 15) is 4.79 Å². The second-order valence-corrected chi connectivity index (χ2v) is 2.32. The molecule has 0 aliphatic heterocycles. The Morgan fingerprint density at radius 2 is 2.27 bits per heavy atom. The third-order valence-corrected chi connectivity index (χ3v) is 1.38. The minimum atomic E-state index is -0.925. The van der Waals surface area contributed by atoms with Crippen LogP contribution in [0.1, 0.15) is 17.3 Å². The maximum Gasteiger partial charge on any atom is 0.312 e. The van der Waals surface area contributed by atoms with Gasteiger partial charge in [0, 0.05) is 0 Å². The van der Waals surface area contributed by atoms with Gasteiger partial charge in [-0.15, -0.1) is 0 Å². The van der Waals surface area contributed by atoms with Crippen LogP contribution in [-0.4, -0.2) is 16.1 Å². The number of aryl methyl sites for hydroxylation is 2. The van der Waals surface area contributed by atoms with Crippen LogP contribution in [0.15, 0.2) is 4.42 Å². The highest BCUT2D eigenvalue weighted by Crippen LogP contribution is 2.08. The maximum atomic E-state index is 10.2. The molecule has 11 heavy (non-hydrogen) atoms. The summed E-state index contributed by atoms with van der Waals surface area (Å²) in [6.45, 7) is 3.54. The molecule has 60 valence electrons. The molecule has 0 atom stereocenters. The molecule has 1 aromatic heterocycles. The first-order chi connectivity index (χ1) is 5.09. The molecule has 0 aliphatic rings. The fourth-order valence-electron chi connectivity index (χ4n) is 0.744. The molecule has 0 aliphatic carbocycles. The molecule has 4 heteroatoms. The van der Waals surface area contributed by atoms with E-state index in [4.69, 9.17) is 9.52 Å². The van der Waals surface area contributed by atoms with Crippen LogP contribution in [0.4, 0.5) is 0 Å². The van der Waals surface area contributed by atoms with Gasteiger partial charge in [0.2, 0.25) is 5.89 Å². The van der Waals surface area contributed by atoms with Crippen molar-refractivity contribution in [3.63, 3.8) is 0 Å². The monoisotopic (exact) mass is 155 g/mol. The lowest BCUT2D eigenvalue weighted by Crippen LogP contribution is -1.99. The minimum Gasteiger partial charge on any atom is -0.481 e. The minimum absolute atomic E-state index is 0.144. The second-order valence-electron chi connectivity index (χ2n) is 2.32. The van der Waals surface area contributed by atoms with E-state index in [1.807, 2.05) is 0 Å². The van der Waals surface area contributed by atoms with Gasteiger partial charge in [0.15, 0.2) is 0 Å². The number of carbonyl (C=O) groups is 1. The standard InChI is InChI=1S/C7H9NO3/c1-4-5(2)11-6(8-4)3-7(9)10/h3H2,1-2H3,(H,9,10). The van der Waals surface area contributed by atoms with Crippen molar-refractivity contribution in [2.45, 2.75) is 20.3 Å². The third-order valence-electron chi connectivity index (χ3n) is 1.38. The Morgan fingerprint density at radius 1 is 1.64 bits per heavy atom. The molecule has 0 amide bonds. The number of nitrogens with zero attached hydrogens (tertiary/aromatic N) is 1. The van der Waals surface area contributed by atoms with Gasteiger partial charge in [0.05, 0.1) is 5.69 Å². The van der Waals surface area contributed by atoms with Gasteiger partial charge in [-0.2, -0.15) is 0 Å². The molecule has 0 spiro atoms. The topological polar surface area (TPSA) is 63.3 Å². The van der Waals surface area contributed by atoms with E-state index in [1.54, 1.807) is 13.8 Å². The van der Waals surface area contributed by atoms with Crippen LogP contribution in [0.2, 0.25) is 0 Å². The van der Waals surface area contributed by atoms with Crippen LogP contribution < -0.4 is 0 Å². The van der Waals surface area contributed by atoms with Gasteiger partial charge in [0.25, 0.3) is 0 Å². The Bertz CT molecular complexity index is 258. The van der Waals surface area contributed by atoms with Gasteiger partial charge in [-0.25, -0.2) is 4.98 Å². The van der Waals surface area contributed by atoms with Crippen molar-refractivity contribution in [1.29, 1.82) is 0 Å². The molecular weight excluding hydrogens is 146 g/mol. The van der Waals surface area contributed by atoms with Crippen molar-refractivity contribution in [3.8, 4) is 0 Å². The van der Waals surface area contributed by atoms with Gasteiger partial charge >= 0.3 is 5.97 Å². The van der Waals surface area contributed by atoms with Crippen LogP contribution in [0.5, 0.6) is 0 Å². The van der Waals surface area contributed by atoms with Crippen LogP contribution >= 0.6 is 0 Å². The molecule has 4 nitrogen and oxygen atoms in total. The first kappa shape index (κ1) is 7.78. The van der Waals surface area contributed by atoms with Crippen LogP contribution in [-0.2, 0) is 11.2 Å². The van der Waals surface area contributed by atoms with Crippen molar-refractivity contribution in [2.24, 2.45) is 0 Å². The van der Waals surface area contributed by atoms with Crippen molar-refractivity contribution >= 4 is 5.97 Å².